The van der Waals surface area contributed by atoms with Crippen molar-refractivity contribution in [2.75, 3.05) is 39.4 Å². The van der Waals surface area contributed by atoms with Crippen LogP contribution < -0.4 is 0 Å². The summed E-state index contributed by atoms with van der Waals surface area (Å²) in [7, 11) is 0. The molecular weight excluding hydrogens is 387 g/mol. The highest BCUT2D eigenvalue weighted by Gasteiger charge is 2.45. The number of carbonyl (C=O) groups is 2. The lowest BCUT2D eigenvalue weighted by atomic mass is 9.95. The summed E-state index contributed by atoms with van der Waals surface area (Å²) in [4.78, 5) is 29.5. The van der Waals surface area contributed by atoms with Crippen LogP contribution in [0.4, 0.5) is 4.39 Å². The Labute approximate surface area is 174 Å². The number of ether oxygens (including phenoxy) is 1. The fourth-order valence-corrected chi connectivity index (χ4v) is 3.93. The minimum absolute atomic E-state index is 0.0276. The van der Waals surface area contributed by atoms with E-state index < -0.39 is 23.5 Å². The minimum Gasteiger partial charge on any atom is -0.507 e. The molecule has 2 heterocycles. The Balaban J connectivity index is 1.71. The standard InChI is InChI=1S/C23H23FN2O4/c24-18-8-6-17(7-9-18)21(27)19-20(16-4-2-1-3-5-16)26(23(29)22(19)28)11-10-25-12-14-30-15-13-25/h1-9,20,27H,10-15H2/b21-19+/t20-/m0/s1. The Morgan fingerprint density at radius 3 is 2.33 bits per heavy atom. The average Bonchev–Trinajstić information content (AvgIpc) is 3.04. The van der Waals surface area contributed by atoms with Crippen molar-refractivity contribution in [1.82, 2.24) is 9.80 Å². The summed E-state index contributed by atoms with van der Waals surface area (Å²) in [5.41, 5.74) is 1.06. The molecule has 0 unspecified atom stereocenters. The van der Waals surface area contributed by atoms with Gasteiger partial charge in [0.15, 0.2) is 0 Å². The first kappa shape index (κ1) is 20.3. The van der Waals surface area contributed by atoms with Gasteiger partial charge in [0, 0.05) is 31.7 Å². The summed E-state index contributed by atoms with van der Waals surface area (Å²) < 4.78 is 18.7. The number of carbonyl (C=O) groups excluding carboxylic acids is 2. The molecular formula is C23H23FN2O4. The Hall–Kier alpha value is -3.03. The predicted molar refractivity (Wildman–Crippen MR) is 109 cm³/mol. The van der Waals surface area contributed by atoms with Crippen molar-refractivity contribution >= 4 is 17.4 Å². The highest BCUT2D eigenvalue weighted by molar-refractivity contribution is 6.46. The fraction of sp³-hybridized carbons (Fsp3) is 0.304. The lowest BCUT2D eigenvalue weighted by Gasteiger charge is -2.31. The second kappa shape index (κ2) is 8.77. The van der Waals surface area contributed by atoms with Gasteiger partial charge in [0.25, 0.3) is 11.7 Å². The molecule has 2 aliphatic heterocycles. The molecule has 0 aliphatic carbocycles. The molecule has 0 radical (unpaired) electrons. The lowest BCUT2D eigenvalue weighted by Crippen LogP contribution is -2.42. The first-order valence-electron chi connectivity index (χ1n) is 9.95. The number of halogens is 1. The third kappa shape index (κ3) is 3.99. The van der Waals surface area contributed by atoms with Crippen LogP contribution in [0.25, 0.3) is 5.76 Å². The van der Waals surface area contributed by atoms with Gasteiger partial charge >= 0.3 is 0 Å². The number of aliphatic hydroxyl groups excluding tert-OH is 1. The van der Waals surface area contributed by atoms with Crippen molar-refractivity contribution in [3.8, 4) is 0 Å². The molecule has 4 rings (SSSR count). The molecule has 0 spiro atoms. The van der Waals surface area contributed by atoms with Crippen molar-refractivity contribution in [2.45, 2.75) is 6.04 Å². The van der Waals surface area contributed by atoms with E-state index in [1.807, 2.05) is 30.3 Å². The number of ketones is 1. The van der Waals surface area contributed by atoms with Crippen LogP contribution >= 0.6 is 0 Å². The number of nitrogens with zero attached hydrogens (tertiary/aromatic N) is 2. The molecule has 2 saturated heterocycles. The van der Waals surface area contributed by atoms with Crippen LogP contribution in [0.1, 0.15) is 17.2 Å². The van der Waals surface area contributed by atoms with E-state index >= 15 is 0 Å². The first-order chi connectivity index (χ1) is 14.6. The van der Waals surface area contributed by atoms with Gasteiger partial charge in [0.2, 0.25) is 0 Å². The predicted octanol–water partition coefficient (Wildman–Crippen LogP) is 2.58. The maximum atomic E-state index is 13.3. The van der Waals surface area contributed by atoms with Gasteiger partial charge in [-0.2, -0.15) is 0 Å². The number of aliphatic hydroxyl groups is 1. The molecule has 2 aliphatic rings. The number of amides is 1. The number of hydrogen-bond donors (Lipinski definition) is 1. The van der Waals surface area contributed by atoms with Gasteiger partial charge < -0.3 is 14.7 Å². The van der Waals surface area contributed by atoms with E-state index in [1.54, 1.807) is 0 Å². The molecule has 1 amide bonds. The van der Waals surface area contributed by atoms with E-state index in [2.05, 4.69) is 4.90 Å². The van der Waals surface area contributed by atoms with Gasteiger partial charge in [-0.1, -0.05) is 30.3 Å². The van der Waals surface area contributed by atoms with E-state index in [9.17, 15) is 19.1 Å². The summed E-state index contributed by atoms with van der Waals surface area (Å²) in [6.07, 6.45) is 0. The van der Waals surface area contributed by atoms with Crippen LogP contribution in [0.3, 0.4) is 0 Å². The first-order valence-corrected chi connectivity index (χ1v) is 9.95. The van der Waals surface area contributed by atoms with Crippen LogP contribution in [-0.2, 0) is 14.3 Å². The Bertz CT molecular complexity index is 953. The number of rotatable bonds is 5. The van der Waals surface area contributed by atoms with E-state index in [0.29, 0.717) is 31.9 Å². The fourth-order valence-electron chi connectivity index (χ4n) is 3.93. The van der Waals surface area contributed by atoms with Gasteiger partial charge in [-0.15, -0.1) is 0 Å². The lowest BCUT2D eigenvalue weighted by molar-refractivity contribution is -0.140. The largest absolute Gasteiger partial charge is 0.507 e. The maximum absolute atomic E-state index is 13.3. The Morgan fingerprint density at radius 1 is 1.00 bits per heavy atom. The number of morpholine rings is 1. The van der Waals surface area contributed by atoms with Gasteiger partial charge in [-0.05, 0) is 29.8 Å². The van der Waals surface area contributed by atoms with E-state index in [1.165, 1.54) is 29.2 Å². The zero-order valence-electron chi connectivity index (χ0n) is 16.5. The SMILES string of the molecule is O=C1C(=O)N(CCN2CCOCC2)[C@@H](c2ccccc2)/C1=C(\O)c1ccc(F)cc1. The van der Waals surface area contributed by atoms with Crippen LogP contribution in [0.15, 0.2) is 60.2 Å². The summed E-state index contributed by atoms with van der Waals surface area (Å²) in [6.45, 7) is 3.79. The number of hydrogen-bond acceptors (Lipinski definition) is 5. The van der Waals surface area contributed by atoms with Gasteiger partial charge in [-0.3, -0.25) is 14.5 Å². The van der Waals surface area contributed by atoms with Crippen molar-refractivity contribution in [2.24, 2.45) is 0 Å². The highest BCUT2D eigenvalue weighted by atomic mass is 19.1. The molecule has 1 atom stereocenters. The second-order valence-electron chi connectivity index (χ2n) is 7.36. The molecule has 6 nitrogen and oxygen atoms in total. The average molecular weight is 410 g/mol. The molecule has 7 heteroatoms. The van der Waals surface area contributed by atoms with Crippen LogP contribution in [-0.4, -0.2) is 66.0 Å². The molecule has 0 bridgehead atoms. The topological polar surface area (TPSA) is 70.1 Å². The monoisotopic (exact) mass is 410 g/mol. The number of benzene rings is 2. The summed E-state index contributed by atoms with van der Waals surface area (Å²) in [5.74, 6) is -2.11. The van der Waals surface area contributed by atoms with Crippen molar-refractivity contribution in [3.63, 3.8) is 0 Å². The van der Waals surface area contributed by atoms with Gasteiger partial charge in [-0.25, -0.2) is 4.39 Å². The van der Waals surface area contributed by atoms with Crippen molar-refractivity contribution < 1.29 is 23.8 Å². The quantitative estimate of drug-likeness (QED) is 0.466. The van der Waals surface area contributed by atoms with Gasteiger partial charge in [0.1, 0.15) is 11.6 Å². The molecule has 0 aromatic heterocycles. The normalized spacial score (nSPS) is 21.9. The summed E-state index contributed by atoms with van der Waals surface area (Å²) >= 11 is 0. The molecule has 2 aromatic carbocycles. The second-order valence-corrected chi connectivity index (χ2v) is 7.36. The van der Waals surface area contributed by atoms with E-state index in [0.717, 1.165) is 18.7 Å². The van der Waals surface area contributed by atoms with Crippen molar-refractivity contribution in [1.29, 1.82) is 0 Å². The van der Waals surface area contributed by atoms with Crippen molar-refractivity contribution in [3.05, 3.63) is 77.1 Å². The third-order valence-corrected chi connectivity index (χ3v) is 5.53. The maximum Gasteiger partial charge on any atom is 0.295 e. The minimum atomic E-state index is -0.729. The van der Waals surface area contributed by atoms with E-state index in [-0.39, 0.29) is 11.3 Å². The zero-order valence-corrected chi connectivity index (χ0v) is 16.5. The smallest absolute Gasteiger partial charge is 0.295 e. The number of likely N-dealkylation sites (tertiary alicyclic amines) is 1. The van der Waals surface area contributed by atoms with E-state index in [4.69, 9.17) is 4.74 Å². The van der Waals surface area contributed by atoms with Gasteiger partial charge in [0.05, 0.1) is 24.8 Å². The van der Waals surface area contributed by atoms with Crippen LogP contribution in [0.2, 0.25) is 0 Å². The van der Waals surface area contributed by atoms with Crippen LogP contribution in [0, 0.1) is 5.82 Å². The molecule has 30 heavy (non-hydrogen) atoms. The molecule has 1 N–H and O–H groups in total. The third-order valence-electron chi connectivity index (χ3n) is 5.53. The highest BCUT2D eigenvalue weighted by Crippen LogP contribution is 2.39. The Kier molecular flexibility index (Phi) is 5.92. The zero-order chi connectivity index (χ0) is 21.1. The molecule has 156 valence electrons. The molecule has 2 aromatic rings. The molecule has 0 saturated carbocycles. The Morgan fingerprint density at radius 2 is 1.67 bits per heavy atom. The van der Waals surface area contributed by atoms with Crippen LogP contribution in [0.5, 0.6) is 0 Å². The summed E-state index contributed by atoms with van der Waals surface area (Å²) in [6, 6.07) is 13.7. The molecule has 2 fully saturated rings. The number of Topliss-reactive ketones (excluding diaryl/α,β-unsaturated/α-hetero) is 1. The summed E-state index contributed by atoms with van der Waals surface area (Å²) in [5, 5.41) is 10.9.